The lowest BCUT2D eigenvalue weighted by Gasteiger charge is -2.57. The van der Waals surface area contributed by atoms with Gasteiger partial charge in [-0.05, 0) is 31.6 Å². The molecule has 0 radical (unpaired) electrons. The minimum atomic E-state index is -0.554. The highest BCUT2D eigenvalue weighted by molar-refractivity contribution is 5.09. The number of ether oxygens (including phenoxy) is 1. The maximum absolute atomic E-state index is 10.8. The average Bonchev–Trinajstić information content (AvgIpc) is 2.34. The first-order chi connectivity index (χ1) is 8.09. The Morgan fingerprint density at radius 2 is 1.88 bits per heavy atom. The zero-order valence-corrected chi connectivity index (χ0v) is 11.2. The third kappa shape index (κ3) is 2.13. The zero-order valence-electron chi connectivity index (χ0n) is 11.2. The van der Waals surface area contributed by atoms with Gasteiger partial charge in [0.1, 0.15) is 0 Å². The second-order valence-electron chi connectivity index (χ2n) is 6.13. The molecule has 0 atom stereocenters. The molecule has 0 aromatic heterocycles. The van der Waals surface area contributed by atoms with E-state index in [4.69, 9.17) is 10.5 Å². The van der Waals surface area contributed by atoms with Crippen LogP contribution in [0.4, 0.5) is 0 Å². The highest BCUT2D eigenvalue weighted by Crippen LogP contribution is 2.54. The summed E-state index contributed by atoms with van der Waals surface area (Å²) < 4.78 is 5.30. The molecule has 0 aromatic rings. The molecule has 2 fully saturated rings. The summed E-state index contributed by atoms with van der Waals surface area (Å²) in [5.74, 6) is 0.844. The maximum Gasteiger partial charge on any atom is 0.0765 e. The molecule has 100 valence electrons. The molecule has 0 unspecified atom stereocenters. The van der Waals surface area contributed by atoms with Crippen molar-refractivity contribution in [3.05, 3.63) is 0 Å². The lowest BCUT2D eigenvalue weighted by molar-refractivity contribution is -0.205. The van der Waals surface area contributed by atoms with Crippen LogP contribution in [0.1, 0.15) is 51.9 Å². The minimum Gasteiger partial charge on any atom is -0.389 e. The van der Waals surface area contributed by atoms with Crippen LogP contribution >= 0.6 is 0 Å². The van der Waals surface area contributed by atoms with Crippen molar-refractivity contribution in [2.75, 3.05) is 13.7 Å². The third-order valence-corrected chi connectivity index (χ3v) is 5.48. The second kappa shape index (κ2) is 4.87. The Labute approximate surface area is 105 Å². The summed E-state index contributed by atoms with van der Waals surface area (Å²) in [4.78, 5) is 0. The summed E-state index contributed by atoms with van der Waals surface area (Å²) in [6.07, 6.45) is 7.70. The van der Waals surface area contributed by atoms with Crippen LogP contribution in [0.15, 0.2) is 0 Å². The molecule has 3 N–H and O–H groups in total. The van der Waals surface area contributed by atoms with Crippen molar-refractivity contribution in [2.45, 2.75) is 63.6 Å². The Kier molecular flexibility index (Phi) is 3.81. The SMILES string of the molecule is CCC1CCC(CN)(C2(O)CC(OC)C2)CC1. The molecule has 0 heterocycles. The number of rotatable bonds is 4. The first kappa shape index (κ1) is 13.3. The first-order valence-electron chi connectivity index (χ1n) is 7.04. The molecule has 2 aliphatic rings. The van der Waals surface area contributed by atoms with Crippen LogP contribution in [-0.2, 0) is 4.74 Å². The predicted octanol–water partition coefficient (Wildman–Crippen LogP) is 2.07. The van der Waals surface area contributed by atoms with Crippen LogP contribution in [0.2, 0.25) is 0 Å². The number of aliphatic hydroxyl groups is 1. The summed E-state index contributed by atoms with van der Waals surface area (Å²) in [7, 11) is 1.73. The van der Waals surface area contributed by atoms with Gasteiger partial charge in [0.15, 0.2) is 0 Å². The molecule has 17 heavy (non-hydrogen) atoms. The second-order valence-corrected chi connectivity index (χ2v) is 6.13. The van der Waals surface area contributed by atoms with Crippen LogP contribution < -0.4 is 5.73 Å². The smallest absolute Gasteiger partial charge is 0.0765 e. The zero-order chi connectivity index (χ0) is 12.5. The summed E-state index contributed by atoms with van der Waals surface area (Å²) in [6.45, 7) is 2.88. The Hall–Kier alpha value is -0.120. The predicted molar refractivity (Wildman–Crippen MR) is 68.7 cm³/mol. The highest BCUT2D eigenvalue weighted by atomic mass is 16.5. The fraction of sp³-hybridized carbons (Fsp3) is 1.00. The van der Waals surface area contributed by atoms with Gasteiger partial charge in [0.2, 0.25) is 0 Å². The number of hydrogen-bond donors (Lipinski definition) is 2. The Balaban J connectivity index is 2.01. The van der Waals surface area contributed by atoms with Gasteiger partial charge < -0.3 is 15.6 Å². The largest absolute Gasteiger partial charge is 0.389 e. The molecular formula is C14H27NO2. The van der Waals surface area contributed by atoms with E-state index in [1.165, 1.54) is 19.3 Å². The Morgan fingerprint density at radius 3 is 2.29 bits per heavy atom. The third-order valence-electron chi connectivity index (χ3n) is 5.48. The molecular weight excluding hydrogens is 214 g/mol. The van der Waals surface area contributed by atoms with Gasteiger partial charge in [-0.2, -0.15) is 0 Å². The summed E-state index contributed by atoms with van der Waals surface area (Å²) in [5, 5.41) is 10.8. The van der Waals surface area contributed by atoms with Gasteiger partial charge in [-0.3, -0.25) is 0 Å². The summed E-state index contributed by atoms with van der Waals surface area (Å²) in [5.41, 5.74) is 5.42. The summed E-state index contributed by atoms with van der Waals surface area (Å²) in [6, 6.07) is 0. The minimum absolute atomic E-state index is 0.0340. The van der Waals surface area contributed by atoms with Crippen LogP contribution in [0.3, 0.4) is 0 Å². The molecule has 3 nitrogen and oxygen atoms in total. The Bertz CT molecular complexity index is 253. The highest BCUT2D eigenvalue weighted by Gasteiger charge is 2.57. The monoisotopic (exact) mass is 241 g/mol. The Morgan fingerprint density at radius 1 is 1.29 bits per heavy atom. The molecule has 0 saturated heterocycles. The van der Waals surface area contributed by atoms with Crippen molar-refractivity contribution in [1.82, 2.24) is 0 Å². The summed E-state index contributed by atoms with van der Waals surface area (Å²) >= 11 is 0. The number of nitrogens with two attached hydrogens (primary N) is 1. The van der Waals surface area contributed by atoms with Gasteiger partial charge in [0.25, 0.3) is 0 Å². The molecule has 0 bridgehead atoms. The van der Waals surface area contributed by atoms with Crippen molar-refractivity contribution >= 4 is 0 Å². The van der Waals surface area contributed by atoms with E-state index in [1.807, 2.05) is 0 Å². The quantitative estimate of drug-likeness (QED) is 0.792. The lowest BCUT2D eigenvalue weighted by atomic mass is 9.53. The standard InChI is InChI=1S/C14H27NO2/c1-3-11-4-6-13(10-15,7-5-11)14(16)8-12(9-14)17-2/h11-12,16H,3-10,15H2,1-2H3. The van der Waals surface area contributed by atoms with E-state index in [0.29, 0.717) is 6.54 Å². The van der Waals surface area contributed by atoms with E-state index in [-0.39, 0.29) is 11.5 Å². The topological polar surface area (TPSA) is 55.5 Å². The van der Waals surface area contributed by atoms with Gasteiger partial charge in [0.05, 0.1) is 11.7 Å². The van der Waals surface area contributed by atoms with Crippen molar-refractivity contribution in [3.63, 3.8) is 0 Å². The van der Waals surface area contributed by atoms with E-state index >= 15 is 0 Å². The molecule has 0 amide bonds. The molecule has 2 saturated carbocycles. The van der Waals surface area contributed by atoms with E-state index < -0.39 is 5.60 Å². The van der Waals surface area contributed by atoms with E-state index in [0.717, 1.165) is 31.6 Å². The van der Waals surface area contributed by atoms with Crippen molar-refractivity contribution in [3.8, 4) is 0 Å². The van der Waals surface area contributed by atoms with Crippen molar-refractivity contribution < 1.29 is 9.84 Å². The van der Waals surface area contributed by atoms with Crippen LogP contribution in [0.5, 0.6) is 0 Å². The number of methoxy groups -OCH3 is 1. The fourth-order valence-corrected chi connectivity index (χ4v) is 3.79. The van der Waals surface area contributed by atoms with E-state index in [1.54, 1.807) is 7.11 Å². The molecule has 0 spiro atoms. The molecule has 0 aliphatic heterocycles. The van der Waals surface area contributed by atoms with Gasteiger partial charge in [-0.25, -0.2) is 0 Å². The van der Waals surface area contributed by atoms with E-state index in [2.05, 4.69) is 6.92 Å². The van der Waals surface area contributed by atoms with Crippen molar-refractivity contribution in [1.29, 1.82) is 0 Å². The molecule has 2 rings (SSSR count). The normalized spacial score (nSPS) is 46.6. The van der Waals surface area contributed by atoms with E-state index in [9.17, 15) is 5.11 Å². The maximum atomic E-state index is 10.8. The molecule has 2 aliphatic carbocycles. The lowest BCUT2D eigenvalue weighted by Crippen LogP contribution is -2.63. The first-order valence-corrected chi connectivity index (χ1v) is 7.04. The van der Waals surface area contributed by atoms with Gasteiger partial charge in [-0.15, -0.1) is 0 Å². The molecule has 3 heteroatoms. The van der Waals surface area contributed by atoms with Crippen molar-refractivity contribution in [2.24, 2.45) is 17.1 Å². The fourth-order valence-electron chi connectivity index (χ4n) is 3.79. The number of hydrogen-bond acceptors (Lipinski definition) is 3. The van der Waals surface area contributed by atoms with Crippen LogP contribution in [0, 0.1) is 11.3 Å². The van der Waals surface area contributed by atoms with Crippen LogP contribution in [0.25, 0.3) is 0 Å². The van der Waals surface area contributed by atoms with Gasteiger partial charge >= 0.3 is 0 Å². The average molecular weight is 241 g/mol. The van der Waals surface area contributed by atoms with Gasteiger partial charge in [-0.1, -0.05) is 13.3 Å². The molecule has 0 aromatic carbocycles. The van der Waals surface area contributed by atoms with Crippen LogP contribution in [-0.4, -0.2) is 30.5 Å². The van der Waals surface area contributed by atoms with Gasteiger partial charge in [0, 0.05) is 31.9 Å².